The Balaban J connectivity index is 2.44. The molecule has 0 N–H and O–H groups in total. The Morgan fingerprint density at radius 3 is 2.71 bits per heavy atom. The SMILES string of the molecule is COc1cc(Cn2cnc(Cl)c(Cl)c2=O)cc([N+](=O)[O-])c1. The summed E-state index contributed by atoms with van der Waals surface area (Å²) < 4.78 is 6.20. The van der Waals surface area contributed by atoms with Crippen molar-refractivity contribution in [2.45, 2.75) is 6.54 Å². The van der Waals surface area contributed by atoms with Crippen molar-refractivity contribution < 1.29 is 9.66 Å². The third kappa shape index (κ3) is 3.32. The number of hydrogen-bond donors (Lipinski definition) is 0. The maximum absolute atomic E-state index is 11.9. The van der Waals surface area contributed by atoms with E-state index in [-0.39, 0.29) is 22.4 Å². The largest absolute Gasteiger partial charge is 0.496 e. The molecular weight excluding hydrogens is 321 g/mol. The molecule has 1 aromatic carbocycles. The zero-order valence-electron chi connectivity index (χ0n) is 10.7. The summed E-state index contributed by atoms with van der Waals surface area (Å²) >= 11 is 11.4. The van der Waals surface area contributed by atoms with Gasteiger partial charge in [-0.2, -0.15) is 0 Å². The number of hydrogen-bond acceptors (Lipinski definition) is 5. The minimum Gasteiger partial charge on any atom is -0.496 e. The van der Waals surface area contributed by atoms with Crippen LogP contribution < -0.4 is 10.3 Å². The lowest BCUT2D eigenvalue weighted by atomic mass is 10.2. The molecule has 0 amide bonds. The second kappa shape index (κ2) is 6.11. The number of halogens is 2. The molecule has 2 aromatic rings. The molecule has 0 aliphatic rings. The van der Waals surface area contributed by atoms with Gasteiger partial charge in [0.15, 0.2) is 5.15 Å². The number of methoxy groups -OCH3 is 1. The van der Waals surface area contributed by atoms with Gasteiger partial charge in [0.2, 0.25) is 0 Å². The van der Waals surface area contributed by atoms with Gasteiger partial charge in [-0.1, -0.05) is 23.2 Å². The van der Waals surface area contributed by atoms with Crippen molar-refractivity contribution in [3.8, 4) is 5.75 Å². The summed E-state index contributed by atoms with van der Waals surface area (Å²) in [6.45, 7) is 0.0563. The first-order valence-electron chi connectivity index (χ1n) is 5.65. The van der Waals surface area contributed by atoms with Crippen molar-refractivity contribution in [1.29, 1.82) is 0 Å². The summed E-state index contributed by atoms with van der Waals surface area (Å²) in [5, 5.41) is 10.6. The van der Waals surface area contributed by atoms with Crippen LogP contribution in [0.2, 0.25) is 10.2 Å². The molecule has 0 spiro atoms. The van der Waals surface area contributed by atoms with E-state index in [0.717, 1.165) is 0 Å². The van der Waals surface area contributed by atoms with Gasteiger partial charge in [0.05, 0.1) is 31.0 Å². The molecule has 0 unspecified atom stereocenters. The predicted molar refractivity (Wildman–Crippen MR) is 77.3 cm³/mol. The molecule has 2 rings (SSSR count). The van der Waals surface area contributed by atoms with Gasteiger partial charge < -0.3 is 4.74 Å². The molecule has 21 heavy (non-hydrogen) atoms. The zero-order chi connectivity index (χ0) is 15.6. The summed E-state index contributed by atoms with van der Waals surface area (Å²) in [6, 6.07) is 4.22. The molecule has 0 aliphatic carbocycles. The highest BCUT2D eigenvalue weighted by atomic mass is 35.5. The number of aromatic nitrogens is 2. The summed E-state index contributed by atoms with van der Waals surface area (Å²) in [5.74, 6) is 0.320. The van der Waals surface area contributed by atoms with E-state index >= 15 is 0 Å². The molecule has 9 heteroatoms. The van der Waals surface area contributed by atoms with Gasteiger partial charge >= 0.3 is 0 Å². The summed E-state index contributed by atoms with van der Waals surface area (Å²) in [4.78, 5) is 26.0. The average molecular weight is 330 g/mol. The van der Waals surface area contributed by atoms with E-state index in [1.54, 1.807) is 6.07 Å². The lowest BCUT2D eigenvalue weighted by Crippen LogP contribution is -2.21. The van der Waals surface area contributed by atoms with E-state index in [1.165, 1.54) is 30.1 Å². The Labute approximate surface area is 128 Å². The van der Waals surface area contributed by atoms with Crippen molar-refractivity contribution in [3.63, 3.8) is 0 Å². The van der Waals surface area contributed by atoms with Gasteiger partial charge in [0, 0.05) is 6.07 Å². The molecule has 1 heterocycles. The second-order valence-electron chi connectivity index (χ2n) is 4.08. The molecular formula is C12H9Cl2N3O4. The number of non-ortho nitro benzene ring substituents is 1. The van der Waals surface area contributed by atoms with Crippen LogP contribution in [0, 0.1) is 10.1 Å². The van der Waals surface area contributed by atoms with Crippen LogP contribution in [-0.2, 0) is 6.54 Å². The Kier molecular flexibility index (Phi) is 4.44. The van der Waals surface area contributed by atoms with E-state index in [9.17, 15) is 14.9 Å². The summed E-state index contributed by atoms with van der Waals surface area (Å²) in [6.07, 6.45) is 1.22. The molecule has 0 fully saturated rings. The molecule has 0 atom stereocenters. The molecule has 0 radical (unpaired) electrons. The van der Waals surface area contributed by atoms with E-state index in [1.807, 2.05) is 0 Å². The summed E-state index contributed by atoms with van der Waals surface area (Å²) in [5.41, 5.74) is -0.157. The first-order valence-corrected chi connectivity index (χ1v) is 6.40. The second-order valence-corrected chi connectivity index (χ2v) is 4.81. The van der Waals surface area contributed by atoms with Gasteiger partial charge in [-0.25, -0.2) is 4.98 Å². The van der Waals surface area contributed by atoms with Crippen molar-refractivity contribution in [2.24, 2.45) is 0 Å². The minimum absolute atomic E-state index is 0.0563. The maximum atomic E-state index is 11.9. The molecule has 0 saturated heterocycles. The lowest BCUT2D eigenvalue weighted by Gasteiger charge is -2.08. The summed E-state index contributed by atoms with van der Waals surface area (Å²) in [7, 11) is 1.40. The van der Waals surface area contributed by atoms with Gasteiger partial charge in [0.1, 0.15) is 10.8 Å². The van der Waals surface area contributed by atoms with Crippen LogP contribution in [0.4, 0.5) is 5.69 Å². The number of benzene rings is 1. The van der Waals surface area contributed by atoms with E-state index in [4.69, 9.17) is 27.9 Å². The normalized spacial score (nSPS) is 10.4. The quantitative estimate of drug-likeness (QED) is 0.488. The monoisotopic (exact) mass is 329 g/mol. The number of nitrogens with zero attached hydrogens (tertiary/aromatic N) is 3. The topological polar surface area (TPSA) is 87.3 Å². The highest BCUT2D eigenvalue weighted by Gasteiger charge is 2.12. The van der Waals surface area contributed by atoms with Crippen LogP contribution in [0.5, 0.6) is 5.75 Å². The molecule has 0 bridgehead atoms. The average Bonchev–Trinajstić information content (AvgIpc) is 2.47. The third-order valence-electron chi connectivity index (χ3n) is 2.69. The van der Waals surface area contributed by atoms with Crippen LogP contribution >= 0.6 is 23.2 Å². The van der Waals surface area contributed by atoms with Crippen LogP contribution in [0.25, 0.3) is 0 Å². The first kappa shape index (κ1) is 15.3. The molecule has 0 saturated carbocycles. The van der Waals surface area contributed by atoms with E-state index < -0.39 is 10.5 Å². The smallest absolute Gasteiger partial charge is 0.273 e. The molecule has 0 aliphatic heterocycles. The fraction of sp³-hybridized carbons (Fsp3) is 0.167. The van der Waals surface area contributed by atoms with E-state index in [2.05, 4.69) is 4.98 Å². The fourth-order valence-electron chi connectivity index (χ4n) is 1.71. The standard InChI is InChI=1S/C12H9Cl2N3O4/c1-21-9-3-7(2-8(4-9)17(19)20)5-16-6-15-11(14)10(13)12(16)18/h2-4,6H,5H2,1H3. The van der Waals surface area contributed by atoms with Crippen molar-refractivity contribution in [2.75, 3.05) is 7.11 Å². The van der Waals surface area contributed by atoms with Crippen molar-refractivity contribution in [1.82, 2.24) is 9.55 Å². The minimum atomic E-state index is -0.540. The molecule has 110 valence electrons. The lowest BCUT2D eigenvalue weighted by molar-refractivity contribution is -0.385. The first-order chi connectivity index (χ1) is 9.92. The zero-order valence-corrected chi connectivity index (χ0v) is 12.3. The molecule has 7 nitrogen and oxygen atoms in total. The van der Waals surface area contributed by atoms with Crippen LogP contribution in [0.15, 0.2) is 29.3 Å². The van der Waals surface area contributed by atoms with Crippen molar-refractivity contribution in [3.05, 3.63) is 60.7 Å². The Hall–Kier alpha value is -2.12. The number of nitro benzene ring substituents is 1. The van der Waals surface area contributed by atoms with Gasteiger partial charge in [-0.05, 0) is 11.6 Å². The predicted octanol–water partition coefficient (Wildman–Crippen LogP) is 2.52. The molecule has 1 aromatic heterocycles. The van der Waals surface area contributed by atoms with E-state index in [0.29, 0.717) is 11.3 Å². The van der Waals surface area contributed by atoms with Gasteiger partial charge in [-0.3, -0.25) is 19.5 Å². The number of rotatable bonds is 4. The number of nitro groups is 1. The highest BCUT2D eigenvalue weighted by molar-refractivity contribution is 6.40. The van der Waals surface area contributed by atoms with Crippen LogP contribution in [0.1, 0.15) is 5.56 Å². The highest BCUT2D eigenvalue weighted by Crippen LogP contribution is 2.23. The van der Waals surface area contributed by atoms with Crippen LogP contribution in [-0.4, -0.2) is 21.6 Å². The van der Waals surface area contributed by atoms with Crippen LogP contribution in [0.3, 0.4) is 0 Å². The Morgan fingerprint density at radius 1 is 1.38 bits per heavy atom. The van der Waals surface area contributed by atoms with Gasteiger partial charge in [0.25, 0.3) is 11.2 Å². The van der Waals surface area contributed by atoms with Crippen molar-refractivity contribution >= 4 is 28.9 Å². The fourth-order valence-corrected chi connectivity index (χ4v) is 1.99. The van der Waals surface area contributed by atoms with Gasteiger partial charge in [-0.15, -0.1) is 0 Å². The Morgan fingerprint density at radius 2 is 2.10 bits per heavy atom. The third-order valence-corrected chi connectivity index (χ3v) is 3.41. The maximum Gasteiger partial charge on any atom is 0.273 e. The Bertz CT molecular complexity index is 761. The number of ether oxygens (including phenoxy) is 1.